The molecule has 1 aromatic rings. The fraction of sp³-hybridized carbons (Fsp3) is 0.667. The average molecular weight is 305 g/mol. The minimum Gasteiger partial charge on any atom is -0.212 e. The Labute approximate surface area is 118 Å². The zero-order valence-corrected chi connectivity index (χ0v) is 13.2. The molecule has 1 fully saturated rings. The van der Waals surface area contributed by atoms with Gasteiger partial charge in [-0.15, -0.1) is 11.3 Å². The third-order valence-corrected chi connectivity index (χ3v) is 7.84. The van der Waals surface area contributed by atoms with Gasteiger partial charge in [-0.3, -0.25) is 0 Å². The Morgan fingerprint density at radius 2 is 2.17 bits per heavy atom. The van der Waals surface area contributed by atoms with Crippen LogP contribution in [-0.2, 0) is 10.0 Å². The maximum Gasteiger partial charge on any atom is 0.216 e. The molecular weight excluding hydrogens is 286 g/mol. The van der Waals surface area contributed by atoms with Gasteiger partial charge in [-0.05, 0) is 31.7 Å². The average Bonchev–Trinajstić information content (AvgIpc) is 2.73. The number of hydrogen-bond acceptors (Lipinski definition) is 4. The molecule has 0 aromatic carbocycles. The van der Waals surface area contributed by atoms with Gasteiger partial charge >= 0.3 is 0 Å². The lowest BCUT2D eigenvalue weighted by molar-refractivity contribution is 0.423. The molecule has 1 aromatic heterocycles. The predicted molar refractivity (Wildman–Crippen MR) is 79.8 cm³/mol. The molecule has 2 heterocycles. The maximum absolute atomic E-state index is 12.2. The van der Waals surface area contributed by atoms with Crippen LogP contribution in [0.4, 0.5) is 0 Å². The highest BCUT2D eigenvalue weighted by molar-refractivity contribution is 7.99. The van der Waals surface area contributed by atoms with Crippen LogP contribution in [0.2, 0.25) is 0 Å². The molecule has 6 heteroatoms. The molecule has 0 bridgehead atoms. The van der Waals surface area contributed by atoms with E-state index in [0.29, 0.717) is 18.3 Å². The first kappa shape index (κ1) is 14.4. The zero-order chi connectivity index (χ0) is 13.2. The van der Waals surface area contributed by atoms with Gasteiger partial charge in [-0.1, -0.05) is 6.07 Å². The summed E-state index contributed by atoms with van der Waals surface area (Å²) in [6, 6.07) is 4.21. The van der Waals surface area contributed by atoms with Crippen molar-refractivity contribution in [3.63, 3.8) is 0 Å². The van der Waals surface area contributed by atoms with E-state index in [9.17, 15) is 8.42 Å². The lowest BCUT2D eigenvalue weighted by Crippen LogP contribution is -2.37. The highest BCUT2D eigenvalue weighted by atomic mass is 32.2. The van der Waals surface area contributed by atoms with Crippen molar-refractivity contribution in [2.45, 2.75) is 30.8 Å². The van der Waals surface area contributed by atoms with Crippen LogP contribution in [0.1, 0.15) is 30.4 Å². The van der Waals surface area contributed by atoms with Gasteiger partial charge in [0, 0.05) is 29.0 Å². The van der Waals surface area contributed by atoms with Crippen LogP contribution in [0.15, 0.2) is 17.5 Å². The Balaban J connectivity index is 2.05. The largest absolute Gasteiger partial charge is 0.216 e. The lowest BCUT2D eigenvalue weighted by atomic mass is 10.2. The summed E-state index contributed by atoms with van der Waals surface area (Å²) in [6.45, 7) is 4.80. The van der Waals surface area contributed by atoms with Gasteiger partial charge in [-0.25, -0.2) is 12.7 Å². The van der Waals surface area contributed by atoms with E-state index in [1.807, 2.05) is 11.8 Å². The number of nitrogens with zero attached hydrogens (tertiary/aromatic N) is 1. The summed E-state index contributed by atoms with van der Waals surface area (Å²) in [5.74, 6) is 0.883. The van der Waals surface area contributed by atoms with Crippen molar-refractivity contribution in [3.8, 4) is 0 Å². The summed E-state index contributed by atoms with van der Waals surface area (Å²) in [5.41, 5.74) is 0. The van der Waals surface area contributed by atoms with E-state index in [1.165, 1.54) is 4.88 Å². The second kappa shape index (κ2) is 5.94. The molecule has 0 saturated carbocycles. The van der Waals surface area contributed by atoms with Gasteiger partial charge in [-0.2, -0.15) is 11.8 Å². The molecular formula is C12H19NO2S3. The first-order valence-electron chi connectivity index (χ1n) is 6.16. The molecule has 1 aliphatic rings. The van der Waals surface area contributed by atoms with E-state index < -0.39 is 10.0 Å². The lowest BCUT2D eigenvalue weighted by Gasteiger charge is -2.22. The minimum absolute atomic E-state index is 0.319. The molecule has 0 aliphatic carbocycles. The second-order valence-electron chi connectivity index (χ2n) is 4.66. The van der Waals surface area contributed by atoms with E-state index >= 15 is 0 Å². The van der Waals surface area contributed by atoms with Crippen LogP contribution in [0.25, 0.3) is 0 Å². The Kier molecular flexibility index (Phi) is 4.75. The summed E-state index contributed by atoms with van der Waals surface area (Å²) in [5, 5.41) is 2.22. The molecule has 2 rings (SSSR count). The number of thiophene rings is 1. The van der Waals surface area contributed by atoms with Gasteiger partial charge in [0.2, 0.25) is 10.0 Å². The normalized spacial score (nSPS) is 23.2. The van der Waals surface area contributed by atoms with Crippen LogP contribution in [0, 0.1) is 0 Å². The van der Waals surface area contributed by atoms with E-state index in [2.05, 4.69) is 17.5 Å². The Morgan fingerprint density at radius 3 is 2.78 bits per heavy atom. The van der Waals surface area contributed by atoms with Gasteiger partial charge < -0.3 is 0 Å². The smallest absolute Gasteiger partial charge is 0.212 e. The maximum atomic E-state index is 12.2. The van der Waals surface area contributed by atoms with Crippen LogP contribution in [-0.4, -0.2) is 36.8 Å². The number of sulfonamides is 1. The fourth-order valence-electron chi connectivity index (χ4n) is 2.00. The van der Waals surface area contributed by atoms with Gasteiger partial charge in [0.05, 0.1) is 5.25 Å². The molecule has 1 atom stereocenters. The molecule has 1 saturated heterocycles. The van der Waals surface area contributed by atoms with Crippen LogP contribution >= 0.6 is 23.1 Å². The molecule has 0 N–H and O–H groups in total. The number of rotatable bonds is 3. The zero-order valence-electron chi connectivity index (χ0n) is 10.7. The van der Waals surface area contributed by atoms with Crippen molar-refractivity contribution in [1.82, 2.24) is 4.31 Å². The van der Waals surface area contributed by atoms with E-state index in [4.69, 9.17) is 0 Å². The molecule has 1 aliphatic heterocycles. The molecule has 3 nitrogen and oxygen atoms in total. The van der Waals surface area contributed by atoms with Gasteiger partial charge in [0.15, 0.2) is 0 Å². The standard InChI is InChI=1S/C12H19NO2S3/c1-10(2)18(14,15)13-6-5-12(17-9-7-13)11-4-3-8-16-11/h3-4,8,10,12H,5-7,9H2,1-2H3. The molecule has 102 valence electrons. The first-order valence-corrected chi connectivity index (χ1v) is 9.59. The number of thioether (sulfide) groups is 1. The summed E-state index contributed by atoms with van der Waals surface area (Å²) >= 11 is 3.64. The Hall–Kier alpha value is -0.0400. The third-order valence-electron chi connectivity index (χ3n) is 3.12. The first-order chi connectivity index (χ1) is 8.51. The topological polar surface area (TPSA) is 37.4 Å². The highest BCUT2D eigenvalue weighted by Gasteiger charge is 2.29. The predicted octanol–water partition coefficient (Wildman–Crippen LogP) is 2.97. The summed E-state index contributed by atoms with van der Waals surface area (Å²) < 4.78 is 26.0. The minimum atomic E-state index is -3.09. The monoisotopic (exact) mass is 305 g/mol. The van der Waals surface area contributed by atoms with Crippen molar-refractivity contribution in [2.24, 2.45) is 0 Å². The number of hydrogen-bond donors (Lipinski definition) is 0. The Morgan fingerprint density at radius 1 is 1.39 bits per heavy atom. The van der Waals surface area contributed by atoms with E-state index in [-0.39, 0.29) is 5.25 Å². The fourth-order valence-corrected chi connectivity index (χ4v) is 5.66. The van der Waals surface area contributed by atoms with Crippen molar-refractivity contribution < 1.29 is 8.42 Å². The highest BCUT2D eigenvalue weighted by Crippen LogP contribution is 2.37. The molecule has 0 radical (unpaired) electrons. The quantitative estimate of drug-likeness (QED) is 0.861. The van der Waals surface area contributed by atoms with Crippen LogP contribution in [0.3, 0.4) is 0 Å². The van der Waals surface area contributed by atoms with Crippen molar-refractivity contribution in [2.75, 3.05) is 18.8 Å². The van der Waals surface area contributed by atoms with Crippen molar-refractivity contribution in [3.05, 3.63) is 22.4 Å². The summed E-state index contributed by atoms with van der Waals surface area (Å²) in [6.07, 6.45) is 0.914. The Bertz CT molecular complexity index is 468. The van der Waals surface area contributed by atoms with Gasteiger partial charge in [0.25, 0.3) is 0 Å². The van der Waals surface area contributed by atoms with Crippen molar-refractivity contribution in [1.29, 1.82) is 0 Å². The molecule has 0 amide bonds. The van der Waals surface area contributed by atoms with E-state index in [0.717, 1.165) is 12.2 Å². The SMILES string of the molecule is CC(C)S(=O)(=O)N1CCSC(c2cccs2)CC1. The summed E-state index contributed by atoms with van der Waals surface area (Å²) in [7, 11) is -3.09. The van der Waals surface area contributed by atoms with Crippen molar-refractivity contribution >= 4 is 33.1 Å². The van der Waals surface area contributed by atoms with Crippen LogP contribution < -0.4 is 0 Å². The molecule has 0 spiro atoms. The van der Waals surface area contributed by atoms with Gasteiger partial charge in [0.1, 0.15) is 0 Å². The molecule has 18 heavy (non-hydrogen) atoms. The summed E-state index contributed by atoms with van der Waals surface area (Å²) in [4.78, 5) is 1.36. The molecule has 1 unspecified atom stereocenters. The van der Waals surface area contributed by atoms with Crippen LogP contribution in [0.5, 0.6) is 0 Å². The second-order valence-corrected chi connectivity index (χ2v) is 9.44. The third kappa shape index (κ3) is 3.10. The van der Waals surface area contributed by atoms with E-state index in [1.54, 1.807) is 29.5 Å².